The predicted octanol–water partition coefficient (Wildman–Crippen LogP) is 9.83. The Balaban J connectivity index is 1.75. The Morgan fingerprint density at radius 2 is 0.918 bits per heavy atom. The summed E-state index contributed by atoms with van der Waals surface area (Å²) >= 11 is 0. The van der Waals surface area contributed by atoms with Crippen LogP contribution in [0.2, 0.25) is 0 Å². The summed E-state index contributed by atoms with van der Waals surface area (Å²) in [5.41, 5.74) is 0. The lowest BCUT2D eigenvalue weighted by atomic mass is 9.97. The molecule has 0 aliphatic carbocycles. The van der Waals surface area contributed by atoms with Gasteiger partial charge in [-0.3, -0.25) is 4.79 Å². The van der Waals surface area contributed by atoms with Crippen LogP contribution in [0.25, 0.3) is 0 Å². The molecule has 0 radical (unpaired) electrons. The first kappa shape index (κ1) is 67.3. The molecule has 14 nitrogen and oxygen atoms in total. The lowest BCUT2D eigenvalue weighted by Gasteiger charge is -2.46. The maximum Gasteiger partial charge on any atom is 0.220 e. The van der Waals surface area contributed by atoms with Gasteiger partial charge in [0.25, 0.3) is 0 Å². The third-order valence-corrected chi connectivity index (χ3v) is 14.6. The van der Waals surface area contributed by atoms with Gasteiger partial charge in [0.2, 0.25) is 5.91 Å². The molecule has 2 rings (SSSR count). The number of unbranched alkanes of at least 4 members (excludes halogenated alkanes) is 30. The first-order valence-electron chi connectivity index (χ1n) is 29.7. The number of ether oxygens (including phenoxy) is 4. The number of carbonyl (C=O) groups is 1. The summed E-state index contributed by atoms with van der Waals surface area (Å²) in [5, 5.41) is 87.0. The van der Waals surface area contributed by atoms with Crippen molar-refractivity contribution < 1.29 is 64.6 Å². The number of carbonyl (C=O) groups excluding carboxylic acids is 1. The highest BCUT2D eigenvalue weighted by Gasteiger charge is 2.51. The number of hydrogen-bond donors (Lipinski definition) is 9. The highest BCUT2D eigenvalue weighted by molar-refractivity contribution is 5.76. The molecule has 0 bridgehead atoms. The molecular formula is C59H109NO13. The predicted molar refractivity (Wildman–Crippen MR) is 291 cm³/mol. The van der Waals surface area contributed by atoms with Gasteiger partial charge in [0.1, 0.15) is 48.8 Å². The maximum atomic E-state index is 13.2. The molecule has 2 heterocycles. The van der Waals surface area contributed by atoms with Gasteiger partial charge in [-0.2, -0.15) is 0 Å². The first-order chi connectivity index (χ1) is 35.6. The van der Waals surface area contributed by atoms with Crippen molar-refractivity contribution in [2.45, 2.75) is 312 Å². The molecule has 0 saturated carbocycles. The van der Waals surface area contributed by atoms with E-state index in [1.54, 1.807) is 6.08 Å². The number of amides is 1. The molecule has 73 heavy (non-hydrogen) atoms. The third kappa shape index (κ3) is 31.3. The Morgan fingerprint density at radius 3 is 1.41 bits per heavy atom. The summed E-state index contributed by atoms with van der Waals surface area (Å²) in [6.45, 7) is 2.76. The van der Waals surface area contributed by atoms with Gasteiger partial charge in [-0.15, -0.1) is 0 Å². The molecule has 0 spiro atoms. The van der Waals surface area contributed by atoms with Crippen LogP contribution in [-0.4, -0.2) is 140 Å². The molecule has 9 N–H and O–H groups in total. The van der Waals surface area contributed by atoms with Crippen LogP contribution in [0.1, 0.15) is 239 Å². The normalized spacial score (nSPS) is 25.6. The molecule has 12 atom stereocenters. The molecule has 14 heteroatoms. The average molecular weight is 1040 g/mol. The minimum atomic E-state index is -1.79. The van der Waals surface area contributed by atoms with Gasteiger partial charge in [-0.1, -0.05) is 224 Å². The second-order valence-electron chi connectivity index (χ2n) is 21.1. The monoisotopic (exact) mass is 1040 g/mol. The minimum absolute atomic E-state index is 0.253. The summed E-state index contributed by atoms with van der Waals surface area (Å²) in [7, 11) is 0. The van der Waals surface area contributed by atoms with Crippen molar-refractivity contribution >= 4 is 5.91 Å². The molecule has 2 saturated heterocycles. The molecule has 2 aliphatic rings. The van der Waals surface area contributed by atoms with Crippen LogP contribution in [0.15, 0.2) is 36.5 Å². The highest BCUT2D eigenvalue weighted by Crippen LogP contribution is 2.30. The SMILES string of the molecule is CCCC/C=C\C/C=C\CCCCCCCC(=O)NC(COC1OC(CO)C(OC2OC(CO)C(O)C(O)C2O)C(O)C1O)C(O)/C=C/CCCCCCCCCCCCCCCCCCCCCCCCC. The standard InChI is InChI=1S/C59H109NO13/c1-3-5-7-9-11-13-15-17-19-20-21-22-23-24-25-26-27-28-29-30-32-34-36-38-40-42-48(63)47(60-51(64)43-41-39-37-35-33-31-18-16-14-12-10-8-6-4-2)46-70-58-56(69)54(67)57(50(45-62)72-58)73-59-55(68)53(66)52(65)49(44-61)71-59/h10,12,16,18,40,42,47-50,52-59,61-63,65-69H,3-9,11,13-15,17,19-39,41,43-46H2,1-2H3,(H,60,64)/b12-10-,18-16-,42-40+. The van der Waals surface area contributed by atoms with Gasteiger partial charge in [0.15, 0.2) is 12.6 Å². The van der Waals surface area contributed by atoms with Crippen LogP contribution in [0, 0.1) is 0 Å². The number of rotatable bonds is 47. The van der Waals surface area contributed by atoms with E-state index in [9.17, 15) is 45.6 Å². The molecule has 428 valence electrons. The van der Waals surface area contributed by atoms with E-state index in [0.29, 0.717) is 6.42 Å². The van der Waals surface area contributed by atoms with Crippen LogP contribution in [0.4, 0.5) is 0 Å². The molecule has 2 fully saturated rings. The number of allylic oxidation sites excluding steroid dienone is 5. The van der Waals surface area contributed by atoms with Crippen LogP contribution in [0.3, 0.4) is 0 Å². The van der Waals surface area contributed by atoms with Crippen molar-refractivity contribution in [2.75, 3.05) is 19.8 Å². The Morgan fingerprint density at radius 1 is 0.493 bits per heavy atom. The van der Waals surface area contributed by atoms with Gasteiger partial charge in [-0.25, -0.2) is 0 Å². The fourth-order valence-electron chi connectivity index (χ4n) is 9.72. The van der Waals surface area contributed by atoms with Crippen LogP contribution >= 0.6 is 0 Å². The van der Waals surface area contributed by atoms with Crippen molar-refractivity contribution in [3.63, 3.8) is 0 Å². The average Bonchev–Trinajstić information content (AvgIpc) is 3.39. The lowest BCUT2D eigenvalue weighted by Crippen LogP contribution is -2.65. The minimum Gasteiger partial charge on any atom is -0.394 e. The maximum absolute atomic E-state index is 13.2. The molecule has 2 aliphatic heterocycles. The zero-order valence-electron chi connectivity index (χ0n) is 45.9. The van der Waals surface area contributed by atoms with E-state index < -0.39 is 86.8 Å². The van der Waals surface area contributed by atoms with E-state index in [2.05, 4.69) is 43.5 Å². The molecule has 0 aromatic heterocycles. The van der Waals surface area contributed by atoms with E-state index in [-0.39, 0.29) is 18.9 Å². The van der Waals surface area contributed by atoms with Crippen LogP contribution in [-0.2, 0) is 23.7 Å². The summed E-state index contributed by atoms with van der Waals surface area (Å²) < 4.78 is 22.8. The summed E-state index contributed by atoms with van der Waals surface area (Å²) in [6, 6.07) is -0.921. The van der Waals surface area contributed by atoms with Crippen molar-refractivity contribution in [3.8, 4) is 0 Å². The van der Waals surface area contributed by atoms with Gasteiger partial charge < -0.3 is 65.1 Å². The Kier molecular flexibility index (Phi) is 41.7. The second kappa shape index (κ2) is 45.3. The number of aliphatic hydroxyl groups is 8. The topological polar surface area (TPSA) is 228 Å². The Hall–Kier alpha value is -1.79. The largest absolute Gasteiger partial charge is 0.394 e. The smallest absolute Gasteiger partial charge is 0.220 e. The molecule has 0 aromatic carbocycles. The van der Waals surface area contributed by atoms with Gasteiger partial charge >= 0.3 is 0 Å². The van der Waals surface area contributed by atoms with Crippen LogP contribution < -0.4 is 5.32 Å². The summed E-state index contributed by atoms with van der Waals surface area (Å²) in [4.78, 5) is 13.2. The van der Waals surface area contributed by atoms with Crippen molar-refractivity contribution in [1.29, 1.82) is 0 Å². The van der Waals surface area contributed by atoms with E-state index in [1.165, 1.54) is 148 Å². The van der Waals surface area contributed by atoms with Gasteiger partial charge in [0, 0.05) is 6.42 Å². The summed E-state index contributed by atoms with van der Waals surface area (Å²) in [5.74, 6) is -0.253. The van der Waals surface area contributed by atoms with E-state index in [0.717, 1.165) is 64.2 Å². The number of hydrogen-bond acceptors (Lipinski definition) is 13. The quantitative estimate of drug-likeness (QED) is 0.0205. The molecule has 0 aromatic rings. The van der Waals surface area contributed by atoms with Crippen molar-refractivity contribution in [1.82, 2.24) is 5.32 Å². The van der Waals surface area contributed by atoms with Crippen LogP contribution in [0.5, 0.6) is 0 Å². The zero-order chi connectivity index (χ0) is 53.2. The second-order valence-corrected chi connectivity index (χ2v) is 21.1. The molecular weight excluding hydrogens is 931 g/mol. The fraction of sp³-hybridized carbons (Fsp3) is 0.881. The Bertz CT molecular complexity index is 1370. The third-order valence-electron chi connectivity index (χ3n) is 14.6. The van der Waals surface area contributed by atoms with Gasteiger partial charge in [-0.05, 0) is 44.9 Å². The lowest BCUT2D eigenvalue weighted by molar-refractivity contribution is -0.359. The van der Waals surface area contributed by atoms with Crippen molar-refractivity contribution in [2.24, 2.45) is 0 Å². The number of aliphatic hydroxyl groups excluding tert-OH is 8. The number of nitrogens with one attached hydrogen (secondary N) is 1. The molecule has 1 amide bonds. The van der Waals surface area contributed by atoms with E-state index in [1.807, 2.05) is 6.08 Å². The Labute approximate surface area is 442 Å². The highest BCUT2D eigenvalue weighted by atomic mass is 16.7. The van der Waals surface area contributed by atoms with Crippen molar-refractivity contribution in [3.05, 3.63) is 36.5 Å². The summed E-state index contributed by atoms with van der Waals surface area (Å²) in [6.07, 6.45) is 37.6. The van der Waals surface area contributed by atoms with Gasteiger partial charge in [0.05, 0.1) is 32.0 Å². The zero-order valence-corrected chi connectivity index (χ0v) is 45.9. The van der Waals surface area contributed by atoms with E-state index in [4.69, 9.17) is 18.9 Å². The molecule has 12 unspecified atom stereocenters. The first-order valence-corrected chi connectivity index (χ1v) is 29.7. The fourth-order valence-corrected chi connectivity index (χ4v) is 9.72. The van der Waals surface area contributed by atoms with E-state index >= 15 is 0 Å².